The number of rotatable bonds is 9. The second kappa shape index (κ2) is 11.9. The molecule has 0 aliphatic carbocycles. The number of carbonyl (C=O) groups is 2. The Bertz CT molecular complexity index is 893. The van der Waals surface area contributed by atoms with Gasteiger partial charge in [-0.05, 0) is 36.6 Å². The van der Waals surface area contributed by atoms with Gasteiger partial charge in [-0.15, -0.1) is 0 Å². The largest absolute Gasteiger partial charge is 0.378 e. The number of benzene rings is 1. The van der Waals surface area contributed by atoms with Crippen LogP contribution in [0, 0.1) is 0 Å². The van der Waals surface area contributed by atoms with Gasteiger partial charge < -0.3 is 20.3 Å². The maximum Gasteiger partial charge on any atom is 0.253 e. The van der Waals surface area contributed by atoms with Gasteiger partial charge in [0.25, 0.3) is 5.91 Å². The summed E-state index contributed by atoms with van der Waals surface area (Å²) in [5, 5.41) is 6.15. The van der Waals surface area contributed by atoms with E-state index in [1.165, 1.54) is 0 Å². The summed E-state index contributed by atoms with van der Waals surface area (Å²) in [6.45, 7) is 3.18. The third-order valence-corrected chi connectivity index (χ3v) is 5.96. The van der Waals surface area contributed by atoms with Gasteiger partial charge in [0.15, 0.2) is 0 Å². The lowest BCUT2D eigenvalue weighted by Crippen LogP contribution is -2.47. The molecule has 0 spiro atoms. The molecule has 1 aliphatic heterocycles. The van der Waals surface area contributed by atoms with E-state index < -0.39 is 6.04 Å². The number of thioether (sulfide) groups is 1. The van der Waals surface area contributed by atoms with Crippen LogP contribution in [-0.4, -0.2) is 61.2 Å². The molecule has 0 radical (unpaired) electrons. The Morgan fingerprint density at radius 3 is 2.74 bits per heavy atom. The van der Waals surface area contributed by atoms with Gasteiger partial charge in [0.2, 0.25) is 5.91 Å². The Kier molecular flexibility index (Phi) is 8.99. The molecule has 9 heteroatoms. The fourth-order valence-electron chi connectivity index (χ4n) is 3.32. The van der Waals surface area contributed by atoms with E-state index in [4.69, 9.17) is 16.3 Å². The molecule has 1 saturated heterocycles. The molecule has 1 fully saturated rings. The minimum absolute atomic E-state index is 0.230. The number of pyridine rings is 1. The van der Waals surface area contributed by atoms with E-state index in [1.807, 2.05) is 18.4 Å². The highest BCUT2D eigenvalue weighted by Crippen LogP contribution is 2.19. The van der Waals surface area contributed by atoms with Gasteiger partial charge in [0.1, 0.15) is 11.9 Å². The van der Waals surface area contributed by atoms with Crippen molar-refractivity contribution in [2.24, 2.45) is 0 Å². The van der Waals surface area contributed by atoms with E-state index in [-0.39, 0.29) is 11.8 Å². The van der Waals surface area contributed by atoms with Gasteiger partial charge in [0, 0.05) is 31.4 Å². The van der Waals surface area contributed by atoms with Crippen LogP contribution in [0.4, 0.5) is 5.82 Å². The Hall–Kier alpha value is -2.29. The molecule has 1 atom stereocenters. The topological polar surface area (TPSA) is 83.6 Å². The summed E-state index contributed by atoms with van der Waals surface area (Å²) in [5.74, 6) is 1.01. The Balaban J connectivity index is 1.66. The average Bonchev–Trinajstić information content (AvgIpc) is 2.81. The highest BCUT2D eigenvalue weighted by atomic mass is 35.5. The molecule has 2 N–H and O–H groups in total. The molecule has 1 aromatic heterocycles. The first-order valence-electron chi connectivity index (χ1n) is 10.2. The first-order chi connectivity index (χ1) is 15.1. The van der Waals surface area contributed by atoms with Gasteiger partial charge in [-0.25, -0.2) is 4.98 Å². The summed E-state index contributed by atoms with van der Waals surface area (Å²) < 4.78 is 5.42. The third kappa shape index (κ3) is 6.59. The first kappa shape index (κ1) is 23.4. The van der Waals surface area contributed by atoms with Crippen molar-refractivity contribution in [3.8, 4) is 0 Å². The molecule has 7 nitrogen and oxygen atoms in total. The molecule has 166 valence electrons. The van der Waals surface area contributed by atoms with E-state index in [0.717, 1.165) is 30.2 Å². The molecular weight excluding hydrogens is 436 g/mol. The van der Waals surface area contributed by atoms with Gasteiger partial charge in [-0.2, -0.15) is 11.8 Å². The molecule has 3 rings (SSSR count). The smallest absolute Gasteiger partial charge is 0.253 e. The van der Waals surface area contributed by atoms with Crippen molar-refractivity contribution in [2.45, 2.75) is 19.0 Å². The van der Waals surface area contributed by atoms with Crippen LogP contribution in [0.2, 0.25) is 5.02 Å². The van der Waals surface area contributed by atoms with Crippen LogP contribution in [-0.2, 0) is 16.1 Å². The highest BCUT2D eigenvalue weighted by molar-refractivity contribution is 7.98. The highest BCUT2D eigenvalue weighted by Gasteiger charge is 2.23. The molecule has 0 saturated carbocycles. The molecule has 1 aromatic carbocycles. The van der Waals surface area contributed by atoms with Crippen LogP contribution in [0.15, 0.2) is 42.6 Å². The van der Waals surface area contributed by atoms with Gasteiger partial charge >= 0.3 is 0 Å². The molecule has 2 heterocycles. The number of nitrogens with one attached hydrogen (secondary N) is 2. The quantitative estimate of drug-likeness (QED) is 0.596. The van der Waals surface area contributed by atoms with E-state index in [1.54, 1.807) is 42.2 Å². The summed E-state index contributed by atoms with van der Waals surface area (Å²) >= 11 is 7.76. The second-order valence-corrected chi connectivity index (χ2v) is 8.48. The maximum atomic E-state index is 12.9. The van der Waals surface area contributed by atoms with E-state index in [0.29, 0.717) is 36.8 Å². The fourth-order valence-corrected chi connectivity index (χ4v) is 4.01. The SMILES string of the molecule is CSCCC(NC(=O)c1ccccc1Cl)C(=O)NCc1cccnc1N1CCOCC1. The summed E-state index contributed by atoms with van der Waals surface area (Å²) in [5.41, 5.74) is 1.28. The Morgan fingerprint density at radius 2 is 2.00 bits per heavy atom. The van der Waals surface area contributed by atoms with Crippen LogP contribution in [0.3, 0.4) is 0 Å². The second-order valence-electron chi connectivity index (χ2n) is 7.09. The Labute approximate surface area is 191 Å². The molecule has 1 unspecified atom stereocenters. The number of ether oxygens (including phenoxy) is 1. The molecular formula is C22H27ClN4O3S. The van der Waals surface area contributed by atoms with Crippen molar-refractivity contribution in [1.82, 2.24) is 15.6 Å². The minimum Gasteiger partial charge on any atom is -0.378 e. The Morgan fingerprint density at radius 1 is 1.23 bits per heavy atom. The molecule has 0 bridgehead atoms. The van der Waals surface area contributed by atoms with Crippen LogP contribution in [0.25, 0.3) is 0 Å². The zero-order valence-corrected chi connectivity index (χ0v) is 19.0. The number of carbonyl (C=O) groups excluding carboxylic acids is 2. The van der Waals surface area contributed by atoms with E-state index >= 15 is 0 Å². The summed E-state index contributed by atoms with van der Waals surface area (Å²) in [6, 6.07) is 9.96. The van der Waals surface area contributed by atoms with E-state index in [2.05, 4.69) is 20.5 Å². The van der Waals surface area contributed by atoms with Crippen LogP contribution >= 0.6 is 23.4 Å². The van der Waals surface area contributed by atoms with Crippen molar-refractivity contribution in [3.05, 3.63) is 58.7 Å². The van der Waals surface area contributed by atoms with Crippen LogP contribution in [0.5, 0.6) is 0 Å². The summed E-state index contributed by atoms with van der Waals surface area (Å²) in [4.78, 5) is 32.3. The van der Waals surface area contributed by atoms with E-state index in [9.17, 15) is 9.59 Å². The number of nitrogens with zero attached hydrogens (tertiary/aromatic N) is 2. The molecule has 31 heavy (non-hydrogen) atoms. The third-order valence-electron chi connectivity index (χ3n) is 4.98. The number of hydrogen-bond acceptors (Lipinski definition) is 6. The fraction of sp³-hybridized carbons (Fsp3) is 0.409. The predicted molar refractivity (Wildman–Crippen MR) is 125 cm³/mol. The number of amides is 2. The van der Waals surface area contributed by atoms with Gasteiger partial charge in [0.05, 0.1) is 23.8 Å². The zero-order valence-electron chi connectivity index (χ0n) is 17.5. The maximum absolute atomic E-state index is 12.9. The lowest BCUT2D eigenvalue weighted by Gasteiger charge is -2.29. The molecule has 2 aromatic rings. The minimum atomic E-state index is -0.653. The monoisotopic (exact) mass is 462 g/mol. The molecule has 1 aliphatic rings. The first-order valence-corrected chi connectivity index (χ1v) is 12.0. The number of morpholine rings is 1. The predicted octanol–water partition coefficient (Wildman–Crippen LogP) is 2.74. The van der Waals surface area contributed by atoms with Gasteiger partial charge in [-0.1, -0.05) is 29.8 Å². The van der Waals surface area contributed by atoms with Crippen molar-refractivity contribution >= 4 is 41.0 Å². The van der Waals surface area contributed by atoms with Crippen molar-refractivity contribution < 1.29 is 14.3 Å². The standard InChI is InChI=1S/C22H27ClN4O3S/c1-31-14-8-19(26-21(28)17-6-2-3-7-18(17)23)22(29)25-15-16-5-4-9-24-20(16)27-10-12-30-13-11-27/h2-7,9,19H,8,10-15H2,1H3,(H,25,29)(H,26,28). The zero-order chi connectivity index (χ0) is 22.1. The number of halogens is 1. The van der Waals surface area contributed by atoms with Crippen molar-refractivity contribution in [2.75, 3.05) is 43.2 Å². The summed E-state index contributed by atoms with van der Waals surface area (Å²) in [6.07, 6.45) is 4.24. The van der Waals surface area contributed by atoms with Crippen molar-refractivity contribution in [1.29, 1.82) is 0 Å². The van der Waals surface area contributed by atoms with Gasteiger partial charge in [-0.3, -0.25) is 9.59 Å². The lowest BCUT2D eigenvalue weighted by atomic mass is 10.1. The average molecular weight is 463 g/mol. The van der Waals surface area contributed by atoms with Crippen molar-refractivity contribution in [3.63, 3.8) is 0 Å². The number of aromatic nitrogens is 1. The number of hydrogen-bond donors (Lipinski definition) is 2. The molecule has 2 amide bonds. The summed E-state index contributed by atoms with van der Waals surface area (Å²) in [7, 11) is 0. The van der Waals surface area contributed by atoms with Crippen LogP contribution in [0.1, 0.15) is 22.3 Å². The number of anilines is 1. The lowest BCUT2D eigenvalue weighted by molar-refractivity contribution is -0.123. The van der Waals surface area contributed by atoms with Crippen LogP contribution < -0.4 is 15.5 Å². The normalized spacial score (nSPS) is 14.7.